The largest absolute Gasteiger partial charge is 0.466 e. The SMILES string of the molecule is CCOC(=O)C1CCCN(C(=O)C(NC(=O)c2ccccc2)c2ccccc2)C1. The molecule has 0 radical (unpaired) electrons. The number of nitrogens with one attached hydrogen (secondary N) is 1. The zero-order valence-corrected chi connectivity index (χ0v) is 16.5. The highest BCUT2D eigenvalue weighted by Gasteiger charge is 2.34. The number of esters is 1. The quantitative estimate of drug-likeness (QED) is 0.765. The van der Waals surface area contributed by atoms with Crippen molar-refractivity contribution in [3.8, 4) is 0 Å². The number of carbonyl (C=O) groups excluding carboxylic acids is 3. The average Bonchev–Trinajstić information content (AvgIpc) is 2.78. The monoisotopic (exact) mass is 394 g/mol. The summed E-state index contributed by atoms with van der Waals surface area (Å²) in [6, 6.07) is 17.2. The summed E-state index contributed by atoms with van der Waals surface area (Å²) in [5, 5.41) is 2.87. The van der Waals surface area contributed by atoms with Crippen molar-refractivity contribution in [2.45, 2.75) is 25.8 Å². The fraction of sp³-hybridized carbons (Fsp3) is 0.348. The highest BCUT2D eigenvalue weighted by Crippen LogP contribution is 2.23. The summed E-state index contributed by atoms with van der Waals surface area (Å²) in [6.07, 6.45) is 1.43. The molecule has 2 aromatic rings. The molecule has 0 aliphatic carbocycles. The van der Waals surface area contributed by atoms with Crippen LogP contribution in [0.3, 0.4) is 0 Å². The van der Waals surface area contributed by atoms with Crippen LogP contribution in [0.1, 0.15) is 41.7 Å². The third-order valence-corrected chi connectivity index (χ3v) is 5.04. The summed E-state index contributed by atoms with van der Waals surface area (Å²) >= 11 is 0. The first-order valence-corrected chi connectivity index (χ1v) is 9.96. The Kier molecular flexibility index (Phi) is 7.00. The molecular formula is C23H26N2O4. The standard InChI is InChI=1S/C23H26N2O4/c1-2-29-23(28)19-14-9-15-25(16-19)22(27)20(17-10-5-3-6-11-17)24-21(26)18-12-7-4-8-13-18/h3-8,10-13,19-20H,2,9,14-16H2,1H3,(H,24,26). The summed E-state index contributed by atoms with van der Waals surface area (Å²) < 4.78 is 5.13. The molecule has 6 nitrogen and oxygen atoms in total. The van der Waals surface area contributed by atoms with Gasteiger partial charge in [0, 0.05) is 18.7 Å². The molecule has 6 heteroatoms. The molecule has 1 N–H and O–H groups in total. The molecule has 0 bridgehead atoms. The van der Waals surface area contributed by atoms with Gasteiger partial charge in [0.2, 0.25) is 5.91 Å². The van der Waals surface area contributed by atoms with Crippen molar-refractivity contribution in [1.82, 2.24) is 10.2 Å². The Labute approximate surface area is 170 Å². The fourth-order valence-electron chi connectivity index (χ4n) is 3.55. The Bertz CT molecular complexity index is 838. The van der Waals surface area contributed by atoms with Crippen molar-refractivity contribution in [3.63, 3.8) is 0 Å². The van der Waals surface area contributed by atoms with E-state index in [0.717, 1.165) is 6.42 Å². The zero-order valence-electron chi connectivity index (χ0n) is 16.5. The van der Waals surface area contributed by atoms with Gasteiger partial charge in [0.25, 0.3) is 5.91 Å². The van der Waals surface area contributed by atoms with Gasteiger partial charge < -0.3 is 15.0 Å². The Balaban J connectivity index is 1.79. The second-order valence-electron chi connectivity index (χ2n) is 7.06. The molecule has 2 unspecified atom stereocenters. The van der Waals surface area contributed by atoms with Crippen molar-refractivity contribution < 1.29 is 19.1 Å². The summed E-state index contributed by atoms with van der Waals surface area (Å²) in [7, 11) is 0. The Morgan fingerprint density at radius 3 is 2.38 bits per heavy atom. The van der Waals surface area contributed by atoms with Gasteiger partial charge in [-0.05, 0) is 37.5 Å². The van der Waals surface area contributed by atoms with Crippen LogP contribution in [-0.2, 0) is 14.3 Å². The number of amides is 2. The van der Waals surface area contributed by atoms with Crippen LogP contribution in [-0.4, -0.2) is 42.4 Å². The molecule has 0 saturated carbocycles. The minimum absolute atomic E-state index is 0.213. The number of carbonyl (C=O) groups is 3. The van der Waals surface area contributed by atoms with E-state index in [9.17, 15) is 14.4 Å². The van der Waals surface area contributed by atoms with Crippen LogP contribution in [0.5, 0.6) is 0 Å². The van der Waals surface area contributed by atoms with Crippen molar-refractivity contribution >= 4 is 17.8 Å². The van der Waals surface area contributed by atoms with Gasteiger partial charge in [0.05, 0.1) is 12.5 Å². The Morgan fingerprint density at radius 1 is 1.07 bits per heavy atom. The van der Waals surface area contributed by atoms with E-state index in [4.69, 9.17) is 4.74 Å². The van der Waals surface area contributed by atoms with E-state index >= 15 is 0 Å². The Morgan fingerprint density at radius 2 is 1.72 bits per heavy atom. The van der Waals surface area contributed by atoms with Gasteiger partial charge in [-0.15, -0.1) is 0 Å². The van der Waals surface area contributed by atoms with Crippen LogP contribution < -0.4 is 5.32 Å². The van der Waals surface area contributed by atoms with E-state index in [1.165, 1.54) is 0 Å². The van der Waals surface area contributed by atoms with Gasteiger partial charge in [0.1, 0.15) is 6.04 Å². The number of rotatable bonds is 6. The minimum atomic E-state index is -0.815. The smallest absolute Gasteiger partial charge is 0.310 e. The molecule has 0 aromatic heterocycles. The first-order chi connectivity index (χ1) is 14.1. The van der Waals surface area contributed by atoms with Crippen molar-refractivity contribution in [3.05, 3.63) is 71.8 Å². The highest BCUT2D eigenvalue weighted by molar-refractivity contribution is 5.98. The maximum atomic E-state index is 13.4. The highest BCUT2D eigenvalue weighted by atomic mass is 16.5. The van der Waals surface area contributed by atoms with Crippen LogP contribution in [0.4, 0.5) is 0 Å². The van der Waals surface area contributed by atoms with E-state index in [1.54, 1.807) is 36.1 Å². The molecule has 1 fully saturated rings. The van der Waals surface area contributed by atoms with Crippen molar-refractivity contribution in [2.24, 2.45) is 5.92 Å². The van der Waals surface area contributed by atoms with E-state index in [-0.39, 0.29) is 23.7 Å². The van der Waals surface area contributed by atoms with Gasteiger partial charge >= 0.3 is 5.97 Å². The second-order valence-corrected chi connectivity index (χ2v) is 7.06. The maximum Gasteiger partial charge on any atom is 0.310 e. The lowest BCUT2D eigenvalue weighted by atomic mass is 9.96. The zero-order chi connectivity index (χ0) is 20.6. The Hall–Kier alpha value is -3.15. The normalized spacial score (nSPS) is 17.3. The lowest BCUT2D eigenvalue weighted by Gasteiger charge is -2.34. The molecule has 2 atom stereocenters. The van der Waals surface area contributed by atoms with Crippen LogP contribution in [0.25, 0.3) is 0 Å². The second kappa shape index (κ2) is 9.87. The summed E-state index contributed by atoms with van der Waals surface area (Å²) in [5.41, 5.74) is 1.20. The number of hydrogen-bond acceptors (Lipinski definition) is 4. The van der Waals surface area contributed by atoms with Gasteiger partial charge in [-0.2, -0.15) is 0 Å². The topological polar surface area (TPSA) is 75.7 Å². The van der Waals surface area contributed by atoms with Crippen molar-refractivity contribution in [2.75, 3.05) is 19.7 Å². The average molecular weight is 394 g/mol. The molecule has 2 amide bonds. The number of hydrogen-bond donors (Lipinski definition) is 1. The predicted octanol–water partition coefficient (Wildman–Crippen LogP) is 2.96. The molecule has 29 heavy (non-hydrogen) atoms. The number of benzene rings is 2. The van der Waals surface area contributed by atoms with Crippen LogP contribution in [0, 0.1) is 5.92 Å². The van der Waals surface area contributed by atoms with E-state index in [2.05, 4.69) is 5.32 Å². The molecule has 1 heterocycles. The van der Waals surface area contributed by atoms with E-state index in [1.807, 2.05) is 36.4 Å². The molecule has 1 aliphatic heterocycles. The fourth-order valence-corrected chi connectivity index (χ4v) is 3.55. The summed E-state index contributed by atoms with van der Waals surface area (Å²) in [4.78, 5) is 39.9. The molecule has 2 aromatic carbocycles. The third kappa shape index (κ3) is 5.22. The van der Waals surface area contributed by atoms with Crippen LogP contribution in [0.2, 0.25) is 0 Å². The third-order valence-electron chi connectivity index (χ3n) is 5.04. The first kappa shape index (κ1) is 20.6. The lowest BCUT2D eigenvalue weighted by Crippen LogP contribution is -2.48. The van der Waals surface area contributed by atoms with Crippen LogP contribution >= 0.6 is 0 Å². The molecule has 1 aliphatic rings. The minimum Gasteiger partial charge on any atom is -0.466 e. The lowest BCUT2D eigenvalue weighted by molar-refractivity contribution is -0.151. The molecule has 0 spiro atoms. The van der Waals surface area contributed by atoms with E-state index < -0.39 is 6.04 Å². The number of likely N-dealkylation sites (tertiary alicyclic amines) is 1. The van der Waals surface area contributed by atoms with Crippen LogP contribution in [0.15, 0.2) is 60.7 Å². The van der Waals surface area contributed by atoms with Gasteiger partial charge in [-0.3, -0.25) is 14.4 Å². The number of piperidine rings is 1. The number of nitrogens with zero attached hydrogens (tertiary/aromatic N) is 1. The van der Waals surface area contributed by atoms with Gasteiger partial charge in [-0.25, -0.2) is 0 Å². The maximum absolute atomic E-state index is 13.4. The summed E-state index contributed by atoms with van der Waals surface area (Å²) in [5.74, 6) is -1.12. The molecule has 1 saturated heterocycles. The molecule has 152 valence electrons. The predicted molar refractivity (Wildman–Crippen MR) is 109 cm³/mol. The van der Waals surface area contributed by atoms with E-state index in [0.29, 0.717) is 37.2 Å². The molecule has 3 rings (SSSR count). The van der Waals surface area contributed by atoms with Gasteiger partial charge in [-0.1, -0.05) is 48.5 Å². The first-order valence-electron chi connectivity index (χ1n) is 9.96. The number of ether oxygens (including phenoxy) is 1. The molecular weight excluding hydrogens is 368 g/mol. The summed E-state index contributed by atoms with van der Waals surface area (Å²) in [6.45, 7) is 2.96. The van der Waals surface area contributed by atoms with Crippen molar-refractivity contribution in [1.29, 1.82) is 0 Å². The van der Waals surface area contributed by atoms with Gasteiger partial charge in [0.15, 0.2) is 0 Å².